The van der Waals surface area contributed by atoms with Gasteiger partial charge in [-0.15, -0.1) is 11.3 Å². The second-order valence-corrected chi connectivity index (χ2v) is 15.3. The van der Waals surface area contributed by atoms with Gasteiger partial charge in [0, 0.05) is 44.0 Å². The highest BCUT2D eigenvalue weighted by Gasteiger charge is 2.18. The Morgan fingerprint density at radius 3 is 1.91 bits per heavy atom. The summed E-state index contributed by atoms with van der Waals surface area (Å²) in [5, 5.41) is 9.88. The Morgan fingerprint density at radius 1 is 0.429 bits per heavy atom. The standard InChI is InChI=1S/C52H33N3S/c1-2-13-34(14-3-1)46-29-30-47(37-16-12-17-38(31-37)50-43-22-9-8-21-42(43)49-44-23-10-11-24-48(44)56-52(49)55-50)54-51(53-46)35-27-25-33(26-28-35)45-32-36-15-4-5-18-39(36)40-19-6-7-20-41(40)45/h1-28,30-32H,29H2. The van der Waals surface area contributed by atoms with E-state index in [-0.39, 0.29) is 0 Å². The van der Waals surface area contributed by atoms with Crippen molar-refractivity contribution in [3.63, 3.8) is 0 Å². The zero-order valence-electron chi connectivity index (χ0n) is 30.4. The Hall–Kier alpha value is -7.01. The number of pyridine rings is 1. The van der Waals surface area contributed by atoms with Crippen LogP contribution in [-0.4, -0.2) is 16.5 Å². The third kappa shape index (κ3) is 5.54. The van der Waals surface area contributed by atoms with Gasteiger partial charge in [0.1, 0.15) is 4.83 Å². The van der Waals surface area contributed by atoms with Crippen molar-refractivity contribution in [3.8, 4) is 22.4 Å². The molecule has 3 heterocycles. The maximum atomic E-state index is 5.34. The molecule has 0 spiro atoms. The molecular formula is C52H33N3S. The van der Waals surface area contributed by atoms with E-state index in [1.165, 1.54) is 48.0 Å². The highest BCUT2D eigenvalue weighted by molar-refractivity contribution is 7.25. The van der Waals surface area contributed by atoms with Crippen LogP contribution in [0.4, 0.5) is 0 Å². The first kappa shape index (κ1) is 32.4. The topological polar surface area (TPSA) is 37.6 Å². The summed E-state index contributed by atoms with van der Waals surface area (Å²) < 4.78 is 1.25. The first-order valence-corrected chi connectivity index (χ1v) is 19.8. The number of nitrogens with zero attached hydrogens (tertiary/aromatic N) is 3. The summed E-state index contributed by atoms with van der Waals surface area (Å²) in [4.78, 5) is 17.0. The van der Waals surface area contributed by atoms with Crippen molar-refractivity contribution in [2.75, 3.05) is 0 Å². The quantitative estimate of drug-likeness (QED) is 0.162. The van der Waals surface area contributed by atoms with Gasteiger partial charge in [0.25, 0.3) is 0 Å². The summed E-state index contributed by atoms with van der Waals surface area (Å²) in [5.41, 5.74) is 9.42. The van der Waals surface area contributed by atoms with Crippen LogP contribution in [0.2, 0.25) is 0 Å². The SMILES string of the molecule is C1=C(c2cccc(-c3nc4sc5ccccc5c4c4ccccc34)c2)N=C(c2ccc(-c3cc4ccccc4c4ccccc34)cc2)N=C(c2ccccc2)C1. The molecule has 2 aromatic heterocycles. The average Bonchev–Trinajstić information content (AvgIpc) is 3.50. The molecule has 0 fully saturated rings. The number of hydrogen-bond donors (Lipinski definition) is 0. The van der Waals surface area contributed by atoms with Gasteiger partial charge in [0.2, 0.25) is 0 Å². The van der Waals surface area contributed by atoms with Gasteiger partial charge in [-0.25, -0.2) is 15.0 Å². The minimum Gasteiger partial charge on any atom is -0.236 e. The van der Waals surface area contributed by atoms with Gasteiger partial charge < -0.3 is 0 Å². The Morgan fingerprint density at radius 2 is 1.07 bits per heavy atom. The lowest BCUT2D eigenvalue weighted by atomic mass is 9.93. The smallest absolute Gasteiger partial charge is 0.160 e. The number of benzene rings is 8. The van der Waals surface area contributed by atoms with Crippen LogP contribution < -0.4 is 0 Å². The lowest BCUT2D eigenvalue weighted by molar-refractivity contribution is 1.41. The molecule has 262 valence electrons. The highest BCUT2D eigenvalue weighted by Crippen LogP contribution is 2.41. The lowest BCUT2D eigenvalue weighted by Crippen LogP contribution is -2.04. The molecule has 0 saturated carbocycles. The molecule has 0 bridgehead atoms. The number of thiophene rings is 1. The Balaban J connectivity index is 1.02. The van der Waals surface area contributed by atoms with Gasteiger partial charge in [-0.3, -0.25) is 0 Å². The van der Waals surface area contributed by atoms with Crippen LogP contribution in [0.1, 0.15) is 23.1 Å². The van der Waals surface area contributed by atoms with Crippen molar-refractivity contribution < 1.29 is 0 Å². The van der Waals surface area contributed by atoms with Crippen LogP contribution >= 0.6 is 11.3 Å². The van der Waals surface area contributed by atoms with E-state index >= 15 is 0 Å². The Kier molecular flexibility index (Phi) is 7.75. The van der Waals surface area contributed by atoms with Crippen LogP contribution in [0.15, 0.2) is 198 Å². The van der Waals surface area contributed by atoms with Gasteiger partial charge in [-0.1, -0.05) is 170 Å². The molecule has 10 aromatic rings. The van der Waals surface area contributed by atoms with Crippen molar-refractivity contribution >= 4 is 81.2 Å². The van der Waals surface area contributed by atoms with Crippen LogP contribution in [0.5, 0.6) is 0 Å². The van der Waals surface area contributed by atoms with Gasteiger partial charge >= 0.3 is 0 Å². The molecule has 0 radical (unpaired) electrons. The summed E-state index contributed by atoms with van der Waals surface area (Å²) in [7, 11) is 0. The third-order valence-electron chi connectivity index (χ3n) is 11.0. The highest BCUT2D eigenvalue weighted by atomic mass is 32.1. The molecule has 0 unspecified atom stereocenters. The number of aliphatic imine (C=N–C) groups is 2. The van der Waals surface area contributed by atoms with E-state index in [1.54, 1.807) is 11.3 Å². The van der Waals surface area contributed by atoms with E-state index in [4.69, 9.17) is 15.0 Å². The number of hydrogen-bond acceptors (Lipinski definition) is 4. The van der Waals surface area contributed by atoms with Crippen molar-refractivity contribution in [2.24, 2.45) is 9.98 Å². The van der Waals surface area contributed by atoms with Crippen molar-refractivity contribution in [1.29, 1.82) is 0 Å². The summed E-state index contributed by atoms with van der Waals surface area (Å²) in [6, 6.07) is 64.8. The first-order valence-electron chi connectivity index (χ1n) is 19.0. The minimum absolute atomic E-state index is 0.659. The van der Waals surface area contributed by atoms with E-state index in [2.05, 4.69) is 182 Å². The van der Waals surface area contributed by atoms with E-state index in [1.807, 2.05) is 6.07 Å². The molecule has 0 atom stereocenters. The van der Waals surface area contributed by atoms with E-state index in [0.29, 0.717) is 12.3 Å². The monoisotopic (exact) mass is 731 g/mol. The fourth-order valence-corrected chi connectivity index (χ4v) is 9.35. The number of allylic oxidation sites excluding steroid dienone is 1. The Labute approximate surface area is 328 Å². The molecule has 0 aliphatic carbocycles. The fourth-order valence-electron chi connectivity index (χ4n) is 8.25. The molecule has 56 heavy (non-hydrogen) atoms. The van der Waals surface area contributed by atoms with E-state index in [9.17, 15) is 0 Å². The van der Waals surface area contributed by atoms with Crippen molar-refractivity contribution in [1.82, 2.24) is 4.98 Å². The molecule has 4 heteroatoms. The molecule has 11 rings (SSSR count). The molecule has 3 nitrogen and oxygen atoms in total. The second kappa shape index (κ2) is 13.4. The van der Waals surface area contributed by atoms with Crippen molar-refractivity contribution in [3.05, 3.63) is 205 Å². The minimum atomic E-state index is 0.659. The molecule has 0 saturated heterocycles. The van der Waals surface area contributed by atoms with Gasteiger partial charge in [-0.05, 0) is 61.8 Å². The molecule has 1 aliphatic rings. The summed E-state index contributed by atoms with van der Waals surface area (Å²) in [6.07, 6.45) is 2.88. The van der Waals surface area contributed by atoms with E-state index < -0.39 is 0 Å². The summed E-state index contributed by atoms with van der Waals surface area (Å²) >= 11 is 1.76. The zero-order valence-corrected chi connectivity index (χ0v) is 31.2. The summed E-state index contributed by atoms with van der Waals surface area (Å²) in [5.74, 6) is 0.697. The molecular weight excluding hydrogens is 699 g/mol. The average molecular weight is 732 g/mol. The number of rotatable bonds is 5. The molecule has 1 aliphatic heterocycles. The number of amidine groups is 1. The number of fused-ring (bicyclic) bond motifs is 8. The maximum absolute atomic E-state index is 5.34. The van der Waals surface area contributed by atoms with Crippen LogP contribution in [-0.2, 0) is 0 Å². The maximum Gasteiger partial charge on any atom is 0.160 e. The fraction of sp³-hybridized carbons (Fsp3) is 0.0192. The largest absolute Gasteiger partial charge is 0.236 e. The zero-order chi connectivity index (χ0) is 37.0. The van der Waals surface area contributed by atoms with Crippen LogP contribution in [0.3, 0.4) is 0 Å². The van der Waals surface area contributed by atoms with Gasteiger partial charge in [0.15, 0.2) is 5.84 Å². The van der Waals surface area contributed by atoms with Gasteiger partial charge in [0.05, 0.1) is 17.1 Å². The summed E-state index contributed by atoms with van der Waals surface area (Å²) in [6.45, 7) is 0. The first-order chi connectivity index (χ1) is 27.7. The lowest BCUT2D eigenvalue weighted by Gasteiger charge is -2.12. The van der Waals surface area contributed by atoms with Crippen LogP contribution in [0, 0.1) is 0 Å². The molecule has 8 aromatic carbocycles. The molecule has 0 amide bonds. The second-order valence-electron chi connectivity index (χ2n) is 14.3. The van der Waals surface area contributed by atoms with Gasteiger partial charge in [-0.2, -0.15) is 0 Å². The number of aromatic nitrogens is 1. The van der Waals surface area contributed by atoms with Crippen LogP contribution in [0.25, 0.3) is 80.7 Å². The Bertz CT molecular complexity index is 3260. The predicted octanol–water partition coefficient (Wildman–Crippen LogP) is 13.9. The predicted molar refractivity (Wildman–Crippen MR) is 239 cm³/mol. The normalized spacial score (nSPS) is 13.2. The third-order valence-corrected chi connectivity index (χ3v) is 12.0. The van der Waals surface area contributed by atoms with Crippen molar-refractivity contribution in [2.45, 2.75) is 6.42 Å². The molecule has 0 N–H and O–H groups in total. The van der Waals surface area contributed by atoms with E-state index in [0.717, 1.165) is 55.1 Å².